The highest BCUT2D eigenvalue weighted by molar-refractivity contribution is 9.10. The number of halogens is 2. The molecule has 0 radical (unpaired) electrons. The highest BCUT2D eigenvalue weighted by Gasteiger charge is 2.03. The molecule has 1 aromatic carbocycles. The van der Waals surface area contributed by atoms with Crippen molar-refractivity contribution in [1.29, 1.82) is 0 Å². The standard InChI is InChI=1S/C13H14BrFN2O2/c1-2-16-13(19)8-17-12(18)6-3-9-7-10(14)4-5-11(9)15/h3-7H,2,8H2,1H3,(H,16,19)(H,17,18)/b6-3+. The molecule has 102 valence electrons. The van der Waals surface area contributed by atoms with Crippen molar-refractivity contribution in [2.24, 2.45) is 0 Å². The van der Waals surface area contributed by atoms with Gasteiger partial charge in [0.05, 0.1) is 6.54 Å². The Balaban J connectivity index is 2.54. The van der Waals surface area contributed by atoms with E-state index in [-0.39, 0.29) is 12.5 Å². The lowest BCUT2D eigenvalue weighted by atomic mass is 10.2. The maximum absolute atomic E-state index is 13.4. The van der Waals surface area contributed by atoms with Crippen molar-refractivity contribution in [3.8, 4) is 0 Å². The van der Waals surface area contributed by atoms with Crippen LogP contribution >= 0.6 is 15.9 Å². The summed E-state index contributed by atoms with van der Waals surface area (Å²) in [5, 5.41) is 4.95. The number of carbonyl (C=O) groups is 2. The van der Waals surface area contributed by atoms with Crippen LogP contribution in [0.5, 0.6) is 0 Å². The lowest BCUT2D eigenvalue weighted by molar-refractivity contribution is -0.123. The van der Waals surface area contributed by atoms with Crippen molar-refractivity contribution >= 4 is 33.8 Å². The van der Waals surface area contributed by atoms with Crippen molar-refractivity contribution in [2.75, 3.05) is 13.1 Å². The van der Waals surface area contributed by atoms with Gasteiger partial charge in [-0.15, -0.1) is 0 Å². The number of amides is 2. The van der Waals surface area contributed by atoms with Gasteiger partial charge in [0.2, 0.25) is 11.8 Å². The van der Waals surface area contributed by atoms with Crippen LogP contribution in [0.15, 0.2) is 28.7 Å². The second kappa shape index (κ2) is 7.68. The second-order valence-corrected chi connectivity index (χ2v) is 4.59. The third-order valence-electron chi connectivity index (χ3n) is 2.17. The van der Waals surface area contributed by atoms with E-state index < -0.39 is 11.7 Å². The van der Waals surface area contributed by atoms with Crippen LogP contribution in [0.1, 0.15) is 12.5 Å². The molecule has 0 aromatic heterocycles. The summed E-state index contributed by atoms with van der Waals surface area (Å²) in [5.74, 6) is -1.14. The van der Waals surface area contributed by atoms with Crippen molar-refractivity contribution in [2.45, 2.75) is 6.92 Å². The smallest absolute Gasteiger partial charge is 0.244 e. The van der Waals surface area contributed by atoms with Crippen molar-refractivity contribution in [1.82, 2.24) is 10.6 Å². The van der Waals surface area contributed by atoms with Gasteiger partial charge in [0.15, 0.2) is 0 Å². The zero-order chi connectivity index (χ0) is 14.3. The summed E-state index contributed by atoms with van der Waals surface area (Å²) >= 11 is 3.22. The fourth-order valence-electron chi connectivity index (χ4n) is 1.29. The summed E-state index contributed by atoms with van der Waals surface area (Å²) < 4.78 is 14.1. The molecule has 0 bridgehead atoms. The predicted molar refractivity (Wildman–Crippen MR) is 74.8 cm³/mol. The number of rotatable bonds is 5. The maximum Gasteiger partial charge on any atom is 0.244 e. The van der Waals surface area contributed by atoms with Gasteiger partial charge in [0.25, 0.3) is 0 Å². The van der Waals surface area contributed by atoms with Gasteiger partial charge in [0.1, 0.15) is 5.82 Å². The molecule has 1 aromatic rings. The van der Waals surface area contributed by atoms with Gasteiger partial charge < -0.3 is 10.6 Å². The minimum Gasteiger partial charge on any atom is -0.355 e. The van der Waals surface area contributed by atoms with Gasteiger partial charge in [-0.1, -0.05) is 15.9 Å². The van der Waals surface area contributed by atoms with Gasteiger partial charge >= 0.3 is 0 Å². The summed E-state index contributed by atoms with van der Waals surface area (Å²) in [6, 6.07) is 4.43. The fraction of sp³-hybridized carbons (Fsp3) is 0.231. The Kier molecular flexibility index (Phi) is 6.21. The zero-order valence-corrected chi connectivity index (χ0v) is 12.0. The molecule has 4 nitrogen and oxygen atoms in total. The molecule has 6 heteroatoms. The quantitative estimate of drug-likeness (QED) is 0.810. The Morgan fingerprint density at radius 2 is 2.11 bits per heavy atom. The molecule has 2 N–H and O–H groups in total. The number of nitrogens with one attached hydrogen (secondary N) is 2. The van der Waals surface area contributed by atoms with Crippen LogP contribution in [-0.4, -0.2) is 24.9 Å². The number of hydrogen-bond acceptors (Lipinski definition) is 2. The van der Waals surface area contributed by atoms with Crippen molar-refractivity contribution < 1.29 is 14.0 Å². The van der Waals surface area contributed by atoms with Crippen molar-refractivity contribution in [3.05, 3.63) is 40.1 Å². The van der Waals surface area contributed by atoms with E-state index in [2.05, 4.69) is 26.6 Å². The number of carbonyl (C=O) groups excluding carboxylic acids is 2. The largest absolute Gasteiger partial charge is 0.355 e. The molecular weight excluding hydrogens is 315 g/mol. The van der Waals surface area contributed by atoms with Gasteiger partial charge in [-0.2, -0.15) is 0 Å². The number of hydrogen-bond donors (Lipinski definition) is 2. The second-order valence-electron chi connectivity index (χ2n) is 3.67. The maximum atomic E-state index is 13.4. The third-order valence-corrected chi connectivity index (χ3v) is 2.66. The Bertz CT molecular complexity index is 503. The number of likely N-dealkylation sites (N-methyl/N-ethyl adjacent to an activating group) is 1. The Labute approximate surface area is 119 Å². The van der Waals surface area contributed by atoms with Crippen molar-refractivity contribution in [3.63, 3.8) is 0 Å². The third kappa shape index (κ3) is 5.65. The van der Waals surface area contributed by atoms with Crippen LogP contribution in [0.3, 0.4) is 0 Å². The molecule has 0 unspecified atom stereocenters. The molecule has 0 aliphatic carbocycles. The minimum absolute atomic E-state index is 0.0992. The van der Waals surface area contributed by atoms with Crippen LogP contribution in [-0.2, 0) is 9.59 Å². The van der Waals surface area contributed by atoms with Gasteiger partial charge in [0, 0.05) is 22.7 Å². The summed E-state index contributed by atoms with van der Waals surface area (Å²) in [6.45, 7) is 2.20. The monoisotopic (exact) mass is 328 g/mol. The molecule has 0 saturated heterocycles. The molecule has 0 fully saturated rings. The van der Waals surface area contributed by atoms with E-state index in [1.807, 2.05) is 0 Å². The van der Waals surface area contributed by atoms with Crippen LogP contribution in [0, 0.1) is 5.82 Å². The molecule has 19 heavy (non-hydrogen) atoms. The van der Waals surface area contributed by atoms with E-state index in [9.17, 15) is 14.0 Å². The molecule has 2 amide bonds. The first-order chi connectivity index (χ1) is 9.02. The molecule has 0 aliphatic heterocycles. The van der Waals surface area contributed by atoms with E-state index in [0.717, 1.165) is 4.47 Å². The molecule has 0 saturated carbocycles. The van der Waals surface area contributed by atoms with Gasteiger partial charge in [-0.25, -0.2) is 4.39 Å². The number of benzene rings is 1. The molecular formula is C13H14BrFN2O2. The molecule has 0 spiro atoms. The van der Waals surface area contributed by atoms with Crippen LogP contribution in [0.4, 0.5) is 4.39 Å². The lowest BCUT2D eigenvalue weighted by Gasteiger charge is -2.02. The zero-order valence-electron chi connectivity index (χ0n) is 10.4. The predicted octanol–water partition coefficient (Wildman–Crippen LogP) is 1.85. The topological polar surface area (TPSA) is 58.2 Å². The van der Waals surface area contributed by atoms with E-state index in [4.69, 9.17) is 0 Å². The van der Waals surface area contributed by atoms with Gasteiger partial charge in [-0.3, -0.25) is 9.59 Å². The first-order valence-electron chi connectivity index (χ1n) is 5.70. The van der Waals surface area contributed by atoms with E-state index >= 15 is 0 Å². The Hall–Kier alpha value is -1.69. The molecule has 1 rings (SSSR count). The molecule has 0 aliphatic rings. The summed E-state index contributed by atoms with van der Waals surface area (Å²) in [5.41, 5.74) is 0.294. The van der Waals surface area contributed by atoms with Crippen LogP contribution in [0.2, 0.25) is 0 Å². The average Bonchev–Trinajstić information content (AvgIpc) is 2.38. The normalized spacial score (nSPS) is 10.5. The first-order valence-corrected chi connectivity index (χ1v) is 6.50. The molecule has 0 heterocycles. The lowest BCUT2D eigenvalue weighted by Crippen LogP contribution is -2.36. The Morgan fingerprint density at radius 3 is 2.79 bits per heavy atom. The Morgan fingerprint density at radius 1 is 1.37 bits per heavy atom. The van der Waals surface area contributed by atoms with E-state index in [1.54, 1.807) is 19.1 Å². The summed E-state index contributed by atoms with van der Waals surface area (Å²) in [4.78, 5) is 22.5. The van der Waals surface area contributed by atoms with Crippen LogP contribution in [0.25, 0.3) is 6.08 Å². The highest BCUT2D eigenvalue weighted by Crippen LogP contribution is 2.16. The first kappa shape index (κ1) is 15.4. The summed E-state index contributed by atoms with van der Waals surface area (Å²) in [6.07, 6.45) is 2.54. The summed E-state index contributed by atoms with van der Waals surface area (Å²) in [7, 11) is 0. The highest BCUT2D eigenvalue weighted by atomic mass is 79.9. The minimum atomic E-state index is -0.453. The molecule has 0 atom stereocenters. The van der Waals surface area contributed by atoms with Crippen LogP contribution < -0.4 is 10.6 Å². The van der Waals surface area contributed by atoms with E-state index in [1.165, 1.54) is 18.2 Å². The SMILES string of the molecule is CCNC(=O)CNC(=O)/C=C/c1cc(Br)ccc1F. The average molecular weight is 329 g/mol. The van der Waals surface area contributed by atoms with Gasteiger partial charge in [-0.05, 0) is 31.2 Å². The van der Waals surface area contributed by atoms with E-state index in [0.29, 0.717) is 12.1 Å². The fourth-order valence-corrected chi connectivity index (χ4v) is 1.67.